The Bertz CT molecular complexity index is 884. The zero-order valence-electron chi connectivity index (χ0n) is 14.3. The quantitative estimate of drug-likeness (QED) is 0.712. The van der Waals surface area contributed by atoms with Gasteiger partial charge in [-0.2, -0.15) is 5.10 Å². The third-order valence-electron chi connectivity index (χ3n) is 4.61. The first-order valence-electron chi connectivity index (χ1n) is 8.60. The zero-order valence-corrected chi connectivity index (χ0v) is 15.0. The van der Waals surface area contributed by atoms with Crippen LogP contribution in [0.25, 0.3) is 5.69 Å². The maximum atomic E-state index is 12.8. The molecule has 0 bridgehead atoms. The molecule has 0 unspecified atom stereocenters. The molecule has 5 nitrogen and oxygen atoms in total. The molecule has 1 fully saturated rings. The van der Waals surface area contributed by atoms with E-state index in [2.05, 4.69) is 22.1 Å². The fraction of sp³-hybridized carbons (Fsp3) is 0.200. The summed E-state index contributed by atoms with van der Waals surface area (Å²) in [7, 11) is 0. The van der Waals surface area contributed by atoms with Crippen molar-refractivity contribution >= 4 is 23.2 Å². The molecular formula is C20H19ClN4O. The summed E-state index contributed by atoms with van der Waals surface area (Å²) in [5.74, 6) is 0.0259. The van der Waals surface area contributed by atoms with Crippen LogP contribution >= 0.6 is 11.6 Å². The van der Waals surface area contributed by atoms with Crippen LogP contribution in [-0.2, 0) is 0 Å². The topological polar surface area (TPSA) is 41.4 Å². The van der Waals surface area contributed by atoms with Crippen molar-refractivity contribution in [2.75, 3.05) is 31.1 Å². The van der Waals surface area contributed by atoms with Gasteiger partial charge in [0, 0.05) is 43.1 Å². The average Bonchev–Trinajstić information content (AvgIpc) is 3.19. The van der Waals surface area contributed by atoms with Gasteiger partial charge in [-0.05, 0) is 36.4 Å². The lowest BCUT2D eigenvalue weighted by molar-refractivity contribution is 0.0747. The van der Waals surface area contributed by atoms with Gasteiger partial charge >= 0.3 is 0 Å². The molecule has 26 heavy (non-hydrogen) atoms. The minimum atomic E-state index is 0.0259. The van der Waals surface area contributed by atoms with Crippen LogP contribution in [0.15, 0.2) is 67.0 Å². The molecule has 1 aliphatic heterocycles. The number of hydrogen-bond acceptors (Lipinski definition) is 3. The molecule has 1 aliphatic rings. The molecule has 0 N–H and O–H groups in total. The van der Waals surface area contributed by atoms with E-state index in [9.17, 15) is 4.79 Å². The number of aromatic nitrogens is 2. The highest BCUT2D eigenvalue weighted by atomic mass is 35.5. The molecular weight excluding hydrogens is 348 g/mol. The van der Waals surface area contributed by atoms with E-state index in [1.807, 2.05) is 47.4 Å². The van der Waals surface area contributed by atoms with E-state index in [4.69, 9.17) is 11.6 Å². The Morgan fingerprint density at radius 2 is 1.58 bits per heavy atom. The highest BCUT2D eigenvalue weighted by Gasteiger charge is 2.23. The second kappa shape index (κ2) is 7.22. The van der Waals surface area contributed by atoms with Gasteiger partial charge in [0.05, 0.1) is 17.4 Å². The van der Waals surface area contributed by atoms with Gasteiger partial charge in [0.25, 0.3) is 5.91 Å². The van der Waals surface area contributed by atoms with Gasteiger partial charge in [0.2, 0.25) is 0 Å². The molecule has 132 valence electrons. The molecule has 1 saturated heterocycles. The van der Waals surface area contributed by atoms with Crippen LogP contribution in [0.2, 0.25) is 5.02 Å². The number of halogens is 1. The molecule has 2 heterocycles. The van der Waals surface area contributed by atoms with Gasteiger partial charge in [-0.15, -0.1) is 0 Å². The molecule has 0 radical (unpaired) electrons. The molecule has 2 aromatic carbocycles. The van der Waals surface area contributed by atoms with Gasteiger partial charge in [-0.1, -0.05) is 29.8 Å². The van der Waals surface area contributed by atoms with Crippen LogP contribution in [0.4, 0.5) is 5.69 Å². The van der Waals surface area contributed by atoms with Crippen molar-refractivity contribution in [3.63, 3.8) is 0 Å². The minimum absolute atomic E-state index is 0.0259. The minimum Gasteiger partial charge on any atom is -0.368 e. The predicted octanol–water partition coefficient (Wildman–Crippen LogP) is 3.49. The third-order valence-corrected chi connectivity index (χ3v) is 4.86. The van der Waals surface area contributed by atoms with Crippen molar-refractivity contribution in [1.82, 2.24) is 14.7 Å². The predicted molar refractivity (Wildman–Crippen MR) is 103 cm³/mol. The van der Waals surface area contributed by atoms with Crippen molar-refractivity contribution in [2.24, 2.45) is 0 Å². The van der Waals surface area contributed by atoms with E-state index in [0.717, 1.165) is 18.8 Å². The lowest BCUT2D eigenvalue weighted by Crippen LogP contribution is -2.48. The second-order valence-electron chi connectivity index (χ2n) is 6.26. The number of carbonyl (C=O) groups excluding carboxylic acids is 1. The molecule has 0 spiro atoms. The second-order valence-corrected chi connectivity index (χ2v) is 6.70. The summed E-state index contributed by atoms with van der Waals surface area (Å²) in [6, 6.07) is 17.7. The Balaban J connectivity index is 1.42. The van der Waals surface area contributed by atoms with Crippen LogP contribution < -0.4 is 4.90 Å². The number of anilines is 1. The van der Waals surface area contributed by atoms with Crippen LogP contribution in [0, 0.1) is 0 Å². The maximum absolute atomic E-state index is 12.8. The van der Waals surface area contributed by atoms with Crippen molar-refractivity contribution in [3.8, 4) is 5.69 Å². The standard InChI is InChI=1S/C20H19ClN4O/c21-17-6-8-19(9-7-17)25-15-16(14-22-25)20(26)24-12-10-23(11-13-24)18-4-2-1-3-5-18/h1-9,14-15H,10-13H2. The monoisotopic (exact) mass is 366 g/mol. The van der Waals surface area contributed by atoms with Gasteiger partial charge < -0.3 is 9.80 Å². The Morgan fingerprint density at radius 3 is 2.27 bits per heavy atom. The number of hydrogen-bond donors (Lipinski definition) is 0. The van der Waals surface area contributed by atoms with Crippen LogP contribution in [0.3, 0.4) is 0 Å². The normalized spacial score (nSPS) is 14.5. The van der Waals surface area contributed by atoms with E-state index < -0.39 is 0 Å². The van der Waals surface area contributed by atoms with Crippen LogP contribution in [0.5, 0.6) is 0 Å². The fourth-order valence-corrected chi connectivity index (χ4v) is 3.28. The van der Waals surface area contributed by atoms with Crippen LogP contribution in [-0.4, -0.2) is 46.8 Å². The number of piperazine rings is 1. The summed E-state index contributed by atoms with van der Waals surface area (Å²) in [6.45, 7) is 3.09. The first-order chi connectivity index (χ1) is 12.7. The smallest absolute Gasteiger partial charge is 0.257 e. The Hall–Kier alpha value is -2.79. The first kappa shape index (κ1) is 16.7. The largest absolute Gasteiger partial charge is 0.368 e. The summed E-state index contributed by atoms with van der Waals surface area (Å²) in [6.07, 6.45) is 3.40. The molecule has 6 heteroatoms. The van der Waals surface area contributed by atoms with E-state index >= 15 is 0 Å². The highest BCUT2D eigenvalue weighted by Crippen LogP contribution is 2.18. The molecule has 0 atom stereocenters. The number of rotatable bonds is 3. The number of benzene rings is 2. The van der Waals surface area contributed by atoms with E-state index in [1.54, 1.807) is 17.1 Å². The summed E-state index contributed by atoms with van der Waals surface area (Å²) in [4.78, 5) is 17.0. The summed E-state index contributed by atoms with van der Waals surface area (Å²) >= 11 is 5.92. The van der Waals surface area contributed by atoms with Crippen molar-refractivity contribution in [1.29, 1.82) is 0 Å². The number of amides is 1. The van der Waals surface area contributed by atoms with E-state index in [1.165, 1.54) is 5.69 Å². The lowest BCUT2D eigenvalue weighted by Gasteiger charge is -2.36. The van der Waals surface area contributed by atoms with Gasteiger partial charge in [-0.25, -0.2) is 4.68 Å². The van der Waals surface area contributed by atoms with E-state index in [0.29, 0.717) is 23.7 Å². The lowest BCUT2D eigenvalue weighted by atomic mass is 10.2. The molecule has 0 saturated carbocycles. The van der Waals surface area contributed by atoms with Crippen molar-refractivity contribution < 1.29 is 4.79 Å². The first-order valence-corrected chi connectivity index (χ1v) is 8.98. The molecule has 4 rings (SSSR count). The summed E-state index contributed by atoms with van der Waals surface area (Å²) in [5.41, 5.74) is 2.69. The van der Waals surface area contributed by atoms with Crippen LogP contribution in [0.1, 0.15) is 10.4 Å². The SMILES string of the molecule is O=C(c1cnn(-c2ccc(Cl)cc2)c1)N1CCN(c2ccccc2)CC1. The van der Waals surface area contributed by atoms with E-state index in [-0.39, 0.29) is 5.91 Å². The van der Waals surface area contributed by atoms with Gasteiger partial charge in [0.1, 0.15) is 0 Å². The number of nitrogens with zero attached hydrogens (tertiary/aromatic N) is 4. The molecule has 3 aromatic rings. The Labute approximate surface area is 157 Å². The summed E-state index contributed by atoms with van der Waals surface area (Å²) < 4.78 is 1.70. The molecule has 1 aromatic heterocycles. The van der Waals surface area contributed by atoms with Gasteiger partial charge in [0.15, 0.2) is 0 Å². The zero-order chi connectivity index (χ0) is 17.9. The number of carbonyl (C=O) groups is 1. The average molecular weight is 367 g/mol. The Kier molecular flexibility index (Phi) is 4.63. The fourth-order valence-electron chi connectivity index (χ4n) is 3.16. The molecule has 1 amide bonds. The molecule has 0 aliphatic carbocycles. The summed E-state index contributed by atoms with van der Waals surface area (Å²) in [5, 5.41) is 4.98. The van der Waals surface area contributed by atoms with Crippen molar-refractivity contribution in [3.05, 3.63) is 77.6 Å². The third kappa shape index (κ3) is 3.44. The highest BCUT2D eigenvalue weighted by molar-refractivity contribution is 6.30. The Morgan fingerprint density at radius 1 is 0.885 bits per heavy atom. The number of para-hydroxylation sites is 1. The van der Waals surface area contributed by atoms with Crippen molar-refractivity contribution in [2.45, 2.75) is 0 Å². The maximum Gasteiger partial charge on any atom is 0.257 e. The van der Waals surface area contributed by atoms with Gasteiger partial charge in [-0.3, -0.25) is 4.79 Å².